The maximum absolute atomic E-state index is 9.99. The summed E-state index contributed by atoms with van der Waals surface area (Å²) >= 11 is 6.26. The fourth-order valence-corrected chi connectivity index (χ4v) is 2.56. The molecule has 0 aromatic heterocycles. The molecule has 2 aliphatic heterocycles. The second-order valence-electron chi connectivity index (χ2n) is 4.20. The molecule has 1 N–H and O–H groups in total. The van der Waals surface area contributed by atoms with Crippen LogP contribution in [0.5, 0.6) is 11.5 Å². The van der Waals surface area contributed by atoms with E-state index in [9.17, 15) is 5.11 Å². The molecule has 0 amide bonds. The van der Waals surface area contributed by atoms with Gasteiger partial charge in [0, 0.05) is 13.1 Å². The Morgan fingerprint density at radius 3 is 3.12 bits per heavy atom. The van der Waals surface area contributed by atoms with Gasteiger partial charge in [0.05, 0.1) is 11.1 Å². The lowest BCUT2D eigenvalue weighted by atomic mass is 9.97. The van der Waals surface area contributed by atoms with E-state index >= 15 is 0 Å². The van der Waals surface area contributed by atoms with Crippen LogP contribution in [-0.2, 0) is 6.54 Å². The molecule has 3 rings (SSSR count). The fourth-order valence-electron chi connectivity index (χ4n) is 2.25. The number of benzene rings is 1. The first-order valence-corrected chi connectivity index (χ1v) is 5.52. The molecule has 1 atom stereocenters. The highest BCUT2D eigenvalue weighted by Gasteiger charge is 2.29. The van der Waals surface area contributed by atoms with Crippen LogP contribution in [0.2, 0.25) is 5.02 Å². The third-order valence-corrected chi connectivity index (χ3v) is 3.41. The summed E-state index contributed by atoms with van der Waals surface area (Å²) in [6, 6.07) is 1.83. The predicted octanol–water partition coefficient (Wildman–Crippen LogP) is 1.55. The van der Waals surface area contributed by atoms with Crippen LogP contribution in [0.4, 0.5) is 0 Å². The number of likely N-dealkylation sites (N-methyl/N-ethyl adjacent to an activating group) is 1. The van der Waals surface area contributed by atoms with Crippen molar-refractivity contribution in [3.63, 3.8) is 0 Å². The smallest absolute Gasteiger partial charge is 0.231 e. The van der Waals surface area contributed by atoms with Crippen molar-refractivity contribution >= 4 is 11.6 Å². The van der Waals surface area contributed by atoms with Crippen LogP contribution in [0.25, 0.3) is 0 Å². The second kappa shape index (κ2) is 3.52. The van der Waals surface area contributed by atoms with Crippen molar-refractivity contribution in [2.45, 2.75) is 12.6 Å². The van der Waals surface area contributed by atoms with E-state index in [4.69, 9.17) is 21.1 Å². The Hall–Kier alpha value is -0.970. The summed E-state index contributed by atoms with van der Waals surface area (Å²) in [5.41, 5.74) is 1.79. The highest BCUT2D eigenvalue weighted by Crippen LogP contribution is 2.45. The lowest BCUT2D eigenvalue weighted by molar-refractivity contribution is 0.107. The molecule has 0 radical (unpaired) electrons. The second-order valence-corrected chi connectivity index (χ2v) is 4.58. The molecule has 0 saturated heterocycles. The van der Waals surface area contributed by atoms with Crippen molar-refractivity contribution in [3.05, 3.63) is 22.2 Å². The van der Waals surface area contributed by atoms with Gasteiger partial charge in [0.2, 0.25) is 6.79 Å². The number of ether oxygens (including phenoxy) is 2. The minimum Gasteiger partial charge on any atom is -0.454 e. The molecule has 0 bridgehead atoms. The third-order valence-electron chi connectivity index (χ3n) is 3.01. The van der Waals surface area contributed by atoms with Gasteiger partial charge >= 0.3 is 0 Å². The highest BCUT2D eigenvalue weighted by molar-refractivity contribution is 6.33. The minimum absolute atomic E-state index is 0.198. The number of hydrogen-bond donors (Lipinski definition) is 1. The number of halogens is 1. The van der Waals surface area contributed by atoms with Crippen LogP contribution < -0.4 is 9.47 Å². The van der Waals surface area contributed by atoms with Crippen LogP contribution in [-0.4, -0.2) is 30.4 Å². The van der Waals surface area contributed by atoms with Crippen LogP contribution in [0.15, 0.2) is 6.07 Å². The molecule has 1 aromatic rings. The van der Waals surface area contributed by atoms with Gasteiger partial charge in [0.15, 0.2) is 11.5 Å². The molecule has 16 heavy (non-hydrogen) atoms. The molecular weight excluding hydrogens is 230 g/mol. The molecule has 0 unspecified atom stereocenters. The first kappa shape index (κ1) is 10.2. The zero-order valence-corrected chi connectivity index (χ0v) is 9.62. The van der Waals surface area contributed by atoms with Gasteiger partial charge in [-0.1, -0.05) is 11.6 Å². The van der Waals surface area contributed by atoms with E-state index in [-0.39, 0.29) is 6.79 Å². The van der Waals surface area contributed by atoms with Gasteiger partial charge in [0.1, 0.15) is 0 Å². The van der Waals surface area contributed by atoms with Gasteiger partial charge in [-0.3, -0.25) is 4.90 Å². The normalized spacial score (nSPS) is 23.3. The molecule has 2 aliphatic rings. The zero-order valence-electron chi connectivity index (χ0n) is 8.86. The Kier molecular flexibility index (Phi) is 2.24. The Bertz CT molecular complexity index is 449. The first-order valence-electron chi connectivity index (χ1n) is 5.14. The van der Waals surface area contributed by atoms with Crippen LogP contribution in [0.1, 0.15) is 17.2 Å². The molecule has 86 valence electrons. The first-order chi connectivity index (χ1) is 7.66. The molecule has 2 heterocycles. The van der Waals surface area contributed by atoms with Crippen molar-refractivity contribution in [3.8, 4) is 11.5 Å². The Morgan fingerprint density at radius 2 is 2.31 bits per heavy atom. The predicted molar refractivity (Wildman–Crippen MR) is 58.9 cm³/mol. The zero-order chi connectivity index (χ0) is 11.3. The number of aliphatic hydroxyl groups excluding tert-OH is 1. The Labute approximate surface area is 98.3 Å². The van der Waals surface area contributed by atoms with Gasteiger partial charge < -0.3 is 14.6 Å². The summed E-state index contributed by atoms with van der Waals surface area (Å²) in [4.78, 5) is 2.03. The molecule has 0 fully saturated rings. The van der Waals surface area contributed by atoms with Crippen LogP contribution >= 0.6 is 11.6 Å². The van der Waals surface area contributed by atoms with Crippen molar-refractivity contribution in [1.82, 2.24) is 4.90 Å². The molecule has 0 spiro atoms. The van der Waals surface area contributed by atoms with Gasteiger partial charge in [-0.15, -0.1) is 0 Å². The quantitative estimate of drug-likeness (QED) is 0.748. The number of rotatable bonds is 0. The van der Waals surface area contributed by atoms with Crippen LogP contribution in [0, 0.1) is 0 Å². The summed E-state index contributed by atoms with van der Waals surface area (Å²) in [7, 11) is 1.95. The molecular formula is C11H12ClNO3. The van der Waals surface area contributed by atoms with Gasteiger partial charge in [-0.05, 0) is 24.2 Å². The number of hydrogen-bond acceptors (Lipinski definition) is 4. The molecule has 0 saturated carbocycles. The van der Waals surface area contributed by atoms with Crippen molar-refractivity contribution < 1.29 is 14.6 Å². The summed E-state index contributed by atoms with van der Waals surface area (Å²) in [6.45, 7) is 1.54. The average Bonchev–Trinajstić information content (AvgIpc) is 2.68. The van der Waals surface area contributed by atoms with E-state index in [1.807, 2.05) is 18.0 Å². The van der Waals surface area contributed by atoms with E-state index in [2.05, 4.69) is 0 Å². The third kappa shape index (κ3) is 1.38. The lowest BCUT2D eigenvalue weighted by Gasteiger charge is -2.30. The van der Waals surface area contributed by atoms with Crippen molar-refractivity contribution in [1.29, 1.82) is 0 Å². The van der Waals surface area contributed by atoms with E-state index in [0.717, 1.165) is 17.7 Å². The maximum atomic E-state index is 9.99. The fraction of sp³-hybridized carbons (Fsp3) is 0.455. The lowest BCUT2D eigenvalue weighted by Crippen LogP contribution is -2.30. The topological polar surface area (TPSA) is 41.9 Å². The summed E-state index contributed by atoms with van der Waals surface area (Å²) in [6.07, 6.45) is -0.513. The number of nitrogens with zero attached hydrogens (tertiary/aromatic N) is 1. The largest absolute Gasteiger partial charge is 0.454 e. The maximum Gasteiger partial charge on any atom is 0.231 e. The Balaban J connectivity index is 2.18. The Morgan fingerprint density at radius 1 is 1.50 bits per heavy atom. The van der Waals surface area contributed by atoms with Crippen molar-refractivity contribution in [2.24, 2.45) is 0 Å². The number of aliphatic hydroxyl groups is 1. The van der Waals surface area contributed by atoms with Gasteiger partial charge in [-0.2, -0.15) is 0 Å². The average molecular weight is 242 g/mol. The van der Waals surface area contributed by atoms with Gasteiger partial charge in [0.25, 0.3) is 0 Å². The summed E-state index contributed by atoms with van der Waals surface area (Å²) in [5, 5.41) is 10.6. The van der Waals surface area contributed by atoms with E-state index in [1.165, 1.54) is 0 Å². The standard InChI is InChI=1S/C11H12ClNO3/c1-13-3-7-6(8(14)4-13)2-9-11(10(7)12)16-5-15-9/h2,8,14H,3-5H2,1H3/t8-/m1/s1. The number of fused-ring (bicyclic) bond motifs is 2. The highest BCUT2D eigenvalue weighted by atomic mass is 35.5. The molecule has 5 heteroatoms. The number of β-amino-alcohol motifs (C(OH)–C–C–N with tert-alkyl or cyclic N) is 1. The van der Waals surface area contributed by atoms with Crippen molar-refractivity contribution in [2.75, 3.05) is 20.4 Å². The summed E-state index contributed by atoms with van der Waals surface area (Å²) < 4.78 is 10.6. The van der Waals surface area contributed by atoms with Crippen LogP contribution in [0.3, 0.4) is 0 Å². The SMILES string of the molecule is CN1Cc2c(cc3c(c2Cl)OCO3)[C@H](O)C1. The molecule has 0 aliphatic carbocycles. The van der Waals surface area contributed by atoms with Gasteiger partial charge in [-0.25, -0.2) is 0 Å². The molecule has 4 nitrogen and oxygen atoms in total. The minimum atomic E-state index is -0.513. The summed E-state index contributed by atoms with van der Waals surface area (Å²) in [5.74, 6) is 1.23. The van der Waals surface area contributed by atoms with E-state index < -0.39 is 6.10 Å². The monoisotopic (exact) mass is 241 g/mol. The molecule has 1 aromatic carbocycles. The van der Waals surface area contributed by atoms with E-state index in [0.29, 0.717) is 23.1 Å². The van der Waals surface area contributed by atoms with E-state index in [1.54, 1.807) is 0 Å².